The Morgan fingerprint density at radius 1 is 1.12 bits per heavy atom. The van der Waals surface area contributed by atoms with Crippen molar-refractivity contribution in [3.63, 3.8) is 0 Å². The van der Waals surface area contributed by atoms with Gasteiger partial charge < -0.3 is 19.7 Å². The number of ether oxygens (including phenoxy) is 2. The van der Waals surface area contributed by atoms with Crippen LogP contribution in [0.4, 0.5) is 0 Å². The number of fused-ring (bicyclic) bond motifs is 3. The van der Waals surface area contributed by atoms with Crippen LogP contribution in [0.5, 0.6) is 5.75 Å². The summed E-state index contributed by atoms with van der Waals surface area (Å²) in [4.78, 5) is 46.7. The molecule has 40 heavy (non-hydrogen) atoms. The molecule has 6 atom stereocenters. The second-order valence-corrected chi connectivity index (χ2v) is 12.1. The molecule has 2 fully saturated rings. The minimum atomic E-state index is -1.08. The maximum atomic E-state index is 13.8. The van der Waals surface area contributed by atoms with Gasteiger partial charge in [-0.05, 0) is 69.6 Å². The lowest BCUT2D eigenvalue weighted by atomic mass is 9.93. The molecular formula is C32H41N3O5. The summed E-state index contributed by atoms with van der Waals surface area (Å²) in [5.41, 5.74) is 1.73. The van der Waals surface area contributed by atoms with E-state index in [-0.39, 0.29) is 29.8 Å². The third-order valence-electron chi connectivity index (χ3n) is 8.82. The molecule has 3 aliphatic rings. The Morgan fingerprint density at radius 2 is 1.93 bits per heavy atom. The largest absolute Gasteiger partial charge is 0.488 e. The number of esters is 1. The van der Waals surface area contributed by atoms with Crippen molar-refractivity contribution < 1.29 is 23.9 Å². The molecule has 0 bridgehead atoms. The number of allylic oxidation sites excluding steroid dienone is 1. The first kappa shape index (κ1) is 28.1. The predicted octanol–water partition coefficient (Wildman–Crippen LogP) is 4.65. The van der Waals surface area contributed by atoms with E-state index in [2.05, 4.69) is 23.3 Å². The predicted molar refractivity (Wildman–Crippen MR) is 153 cm³/mol. The van der Waals surface area contributed by atoms with Crippen molar-refractivity contribution in [2.24, 2.45) is 17.8 Å². The number of carbonyl (C=O) groups is 3. The number of aromatic nitrogens is 1. The van der Waals surface area contributed by atoms with Crippen LogP contribution in [0.3, 0.4) is 0 Å². The van der Waals surface area contributed by atoms with Gasteiger partial charge in [-0.2, -0.15) is 0 Å². The van der Waals surface area contributed by atoms with E-state index < -0.39 is 17.6 Å². The Kier molecular flexibility index (Phi) is 7.89. The lowest BCUT2D eigenvalue weighted by molar-refractivity contribution is -0.148. The van der Waals surface area contributed by atoms with Gasteiger partial charge in [-0.25, -0.2) is 4.79 Å². The summed E-state index contributed by atoms with van der Waals surface area (Å²) in [5.74, 6) is 0.0250. The number of rotatable bonds is 3. The van der Waals surface area contributed by atoms with Crippen LogP contribution in [0.1, 0.15) is 63.6 Å². The van der Waals surface area contributed by atoms with Crippen LogP contribution < -0.4 is 10.1 Å². The van der Waals surface area contributed by atoms with E-state index in [0.29, 0.717) is 31.1 Å². The van der Waals surface area contributed by atoms with Crippen LogP contribution in [0, 0.1) is 31.6 Å². The Labute approximate surface area is 236 Å². The van der Waals surface area contributed by atoms with Gasteiger partial charge in [0.25, 0.3) is 0 Å². The number of carbonyl (C=O) groups excluding carboxylic acids is 3. The molecule has 1 aromatic carbocycles. The molecule has 1 aliphatic carbocycles. The number of amides is 2. The zero-order valence-electron chi connectivity index (χ0n) is 24.2. The third-order valence-corrected chi connectivity index (χ3v) is 8.82. The summed E-state index contributed by atoms with van der Waals surface area (Å²) < 4.78 is 11.6. The molecule has 8 nitrogen and oxygen atoms in total. The second kappa shape index (κ2) is 11.2. The normalized spacial score (nSPS) is 31.8. The maximum Gasteiger partial charge on any atom is 0.332 e. The van der Waals surface area contributed by atoms with E-state index in [4.69, 9.17) is 9.47 Å². The fraction of sp³-hybridized carbons (Fsp3) is 0.562. The summed E-state index contributed by atoms with van der Waals surface area (Å²) in [6, 6.07) is 7.23. The average Bonchev–Trinajstić information content (AvgIpc) is 3.45. The van der Waals surface area contributed by atoms with Crippen LogP contribution in [-0.2, 0) is 19.1 Å². The highest BCUT2D eigenvalue weighted by atomic mass is 16.5. The van der Waals surface area contributed by atoms with Gasteiger partial charge in [0.1, 0.15) is 23.4 Å². The first-order valence-corrected chi connectivity index (χ1v) is 14.5. The molecule has 1 aromatic heterocycles. The number of hydrogen-bond donors (Lipinski definition) is 1. The Bertz CT molecular complexity index is 1330. The molecule has 3 heterocycles. The molecule has 2 aromatic rings. The van der Waals surface area contributed by atoms with Crippen LogP contribution in [0.25, 0.3) is 10.9 Å². The number of nitrogens with one attached hydrogen (secondary N) is 1. The third kappa shape index (κ3) is 5.58. The van der Waals surface area contributed by atoms with Crippen molar-refractivity contribution in [1.29, 1.82) is 0 Å². The summed E-state index contributed by atoms with van der Waals surface area (Å²) >= 11 is 0. The van der Waals surface area contributed by atoms with Gasteiger partial charge in [-0.3, -0.25) is 14.6 Å². The molecule has 8 heteroatoms. The lowest BCUT2D eigenvalue weighted by Crippen LogP contribution is -2.53. The Balaban J connectivity index is 1.44. The molecule has 2 amide bonds. The van der Waals surface area contributed by atoms with Crippen molar-refractivity contribution in [2.75, 3.05) is 13.7 Å². The van der Waals surface area contributed by atoms with Gasteiger partial charge in [-0.15, -0.1) is 0 Å². The van der Waals surface area contributed by atoms with E-state index in [1.807, 2.05) is 51.1 Å². The molecule has 1 saturated carbocycles. The summed E-state index contributed by atoms with van der Waals surface area (Å²) in [6.45, 7) is 8.43. The average molecular weight is 548 g/mol. The van der Waals surface area contributed by atoms with Crippen LogP contribution in [0.15, 0.2) is 36.4 Å². The van der Waals surface area contributed by atoms with Gasteiger partial charge in [0.05, 0.1) is 19.2 Å². The first-order chi connectivity index (χ1) is 19.1. The molecule has 5 rings (SSSR count). The molecule has 2 aliphatic heterocycles. The van der Waals surface area contributed by atoms with Crippen LogP contribution >= 0.6 is 0 Å². The fourth-order valence-corrected chi connectivity index (χ4v) is 6.25. The number of pyridine rings is 1. The standard InChI is InChI=1S/C32H41N3O5/c1-19-8-6-7-9-23-17-32(23,31(38)39-5)34-29(36)27-16-24(18-35(27)30(37)21(3)12-10-19)40-28-15-22(4)33-26-14-20(2)11-13-25(26)28/h7,9,11,13-15,19,21,23-24,27H,6,8,10,12,16-18H2,1-5H3,(H,34,36)/b9-7-/t19-,21-,23?,24+,27-,32+/m0/s1. The highest BCUT2D eigenvalue weighted by molar-refractivity contribution is 5.95. The monoisotopic (exact) mass is 547 g/mol. The molecule has 214 valence electrons. The van der Waals surface area contributed by atoms with Crippen LogP contribution in [-0.4, -0.2) is 59.0 Å². The van der Waals surface area contributed by atoms with E-state index >= 15 is 0 Å². The molecule has 1 N–H and O–H groups in total. The number of benzene rings is 1. The van der Waals surface area contributed by atoms with Gasteiger partial charge >= 0.3 is 5.97 Å². The molecule has 1 unspecified atom stereocenters. The number of aryl methyl sites for hydroxylation is 2. The molecule has 0 spiro atoms. The van der Waals surface area contributed by atoms with Gasteiger partial charge in [-0.1, -0.05) is 32.1 Å². The number of methoxy groups -OCH3 is 1. The zero-order valence-corrected chi connectivity index (χ0v) is 24.2. The van der Waals surface area contributed by atoms with Gasteiger partial charge in [0.2, 0.25) is 11.8 Å². The molecule has 1 saturated heterocycles. The number of hydrogen-bond acceptors (Lipinski definition) is 6. The highest BCUT2D eigenvalue weighted by Gasteiger charge is 2.62. The lowest BCUT2D eigenvalue weighted by Gasteiger charge is -2.28. The minimum absolute atomic E-state index is 0.0442. The minimum Gasteiger partial charge on any atom is -0.488 e. The van der Waals surface area contributed by atoms with Crippen molar-refractivity contribution in [3.8, 4) is 5.75 Å². The van der Waals surface area contributed by atoms with E-state index in [1.165, 1.54) is 7.11 Å². The summed E-state index contributed by atoms with van der Waals surface area (Å²) in [5, 5.41) is 3.91. The highest BCUT2D eigenvalue weighted by Crippen LogP contribution is 2.46. The summed E-state index contributed by atoms with van der Waals surface area (Å²) in [6.07, 6.45) is 8.24. The van der Waals surface area contributed by atoms with Crippen molar-refractivity contribution in [2.45, 2.75) is 83.9 Å². The van der Waals surface area contributed by atoms with Crippen molar-refractivity contribution in [1.82, 2.24) is 15.2 Å². The quantitative estimate of drug-likeness (QED) is 0.444. The van der Waals surface area contributed by atoms with E-state index in [9.17, 15) is 14.4 Å². The first-order valence-electron chi connectivity index (χ1n) is 14.5. The van der Waals surface area contributed by atoms with Crippen LogP contribution in [0.2, 0.25) is 0 Å². The van der Waals surface area contributed by atoms with Gasteiger partial charge in [0.15, 0.2) is 0 Å². The molecule has 0 radical (unpaired) electrons. The Hall–Kier alpha value is -3.42. The summed E-state index contributed by atoms with van der Waals surface area (Å²) in [7, 11) is 1.35. The Morgan fingerprint density at radius 3 is 2.70 bits per heavy atom. The van der Waals surface area contributed by atoms with Crippen molar-refractivity contribution in [3.05, 3.63) is 47.7 Å². The van der Waals surface area contributed by atoms with Gasteiger partial charge in [0, 0.05) is 35.4 Å². The second-order valence-electron chi connectivity index (χ2n) is 12.1. The topological polar surface area (TPSA) is 97.8 Å². The van der Waals surface area contributed by atoms with E-state index in [1.54, 1.807) is 4.90 Å². The SMILES string of the molecule is COC(=O)[C@@]12CC1/C=C\CC[C@H](C)CC[C@H](C)C(=O)N1C[C@H](Oc3cc(C)nc4cc(C)ccc34)C[C@H]1C(=O)N2. The van der Waals surface area contributed by atoms with Crippen molar-refractivity contribution >= 4 is 28.7 Å². The maximum absolute atomic E-state index is 13.8. The smallest absolute Gasteiger partial charge is 0.332 e. The molecular weight excluding hydrogens is 506 g/mol. The zero-order chi connectivity index (χ0) is 28.6. The fourth-order valence-electron chi connectivity index (χ4n) is 6.25. The van der Waals surface area contributed by atoms with E-state index in [0.717, 1.165) is 47.8 Å². The number of nitrogens with zero attached hydrogens (tertiary/aromatic N) is 2.